The second kappa shape index (κ2) is 7.23. The van der Waals surface area contributed by atoms with Gasteiger partial charge in [0.15, 0.2) is 0 Å². The smallest absolute Gasteiger partial charge is 0.274 e. The predicted octanol–water partition coefficient (Wildman–Crippen LogP) is 2.54. The zero-order valence-corrected chi connectivity index (χ0v) is 13.6. The lowest BCUT2D eigenvalue weighted by Crippen LogP contribution is -2.25. The summed E-state index contributed by atoms with van der Waals surface area (Å²) in [6.45, 7) is 7.91. The zero-order chi connectivity index (χ0) is 17.0. The molecule has 2 aromatic rings. The van der Waals surface area contributed by atoms with Crippen molar-refractivity contribution < 1.29 is 10.0 Å². The van der Waals surface area contributed by atoms with Gasteiger partial charge in [-0.2, -0.15) is 5.10 Å². The molecule has 1 aromatic carbocycles. The van der Waals surface area contributed by atoms with Crippen LogP contribution in [0.1, 0.15) is 23.9 Å². The molecule has 124 valence electrons. The minimum atomic E-state index is -0.435. The van der Waals surface area contributed by atoms with Crippen LogP contribution >= 0.6 is 0 Å². The molecule has 7 heteroatoms. The average Bonchev–Trinajstić information content (AvgIpc) is 2.76. The first-order chi connectivity index (χ1) is 10.9. The number of aryl methyl sites for hydroxylation is 2. The minimum Gasteiger partial charge on any atom is -0.508 e. The maximum absolute atomic E-state index is 11.0. The third kappa shape index (κ3) is 4.53. The number of nitrogens with zero attached hydrogens (tertiary/aromatic N) is 3. The van der Waals surface area contributed by atoms with Crippen LogP contribution in [-0.4, -0.2) is 26.4 Å². The van der Waals surface area contributed by atoms with E-state index in [9.17, 15) is 15.2 Å². The number of nitro benzene ring substituents is 1. The molecule has 0 saturated carbocycles. The SMILES string of the molecule is Cc1cc(C)n(CC(C)CNCc2cc(O)ccc2[N+](=O)[O-])n1. The lowest BCUT2D eigenvalue weighted by Gasteiger charge is -2.14. The Labute approximate surface area is 135 Å². The molecule has 0 fully saturated rings. The molecule has 1 unspecified atom stereocenters. The second-order valence-electron chi connectivity index (χ2n) is 5.92. The first-order valence-electron chi connectivity index (χ1n) is 7.55. The van der Waals surface area contributed by atoms with Crippen LogP contribution in [0.4, 0.5) is 5.69 Å². The molecule has 0 bridgehead atoms. The summed E-state index contributed by atoms with van der Waals surface area (Å²) in [5, 5.41) is 28.1. The molecule has 0 radical (unpaired) electrons. The highest BCUT2D eigenvalue weighted by Crippen LogP contribution is 2.23. The Bertz CT molecular complexity index is 697. The Balaban J connectivity index is 1.91. The summed E-state index contributed by atoms with van der Waals surface area (Å²) >= 11 is 0. The number of aromatic hydroxyl groups is 1. The summed E-state index contributed by atoms with van der Waals surface area (Å²) in [7, 11) is 0. The summed E-state index contributed by atoms with van der Waals surface area (Å²) in [6.07, 6.45) is 0. The Morgan fingerprint density at radius 2 is 2.13 bits per heavy atom. The van der Waals surface area contributed by atoms with Gasteiger partial charge in [-0.05, 0) is 44.5 Å². The van der Waals surface area contributed by atoms with E-state index >= 15 is 0 Å². The van der Waals surface area contributed by atoms with E-state index in [0.29, 0.717) is 24.6 Å². The number of nitro groups is 1. The fraction of sp³-hybridized carbons (Fsp3) is 0.438. The monoisotopic (exact) mass is 318 g/mol. The van der Waals surface area contributed by atoms with Crippen molar-refractivity contribution in [2.24, 2.45) is 5.92 Å². The lowest BCUT2D eigenvalue weighted by atomic mass is 10.1. The molecule has 0 saturated heterocycles. The van der Waals surface area contributed by atoms with Crippen molar-refractivity contribution in [1.82, 2.24) is 15.1 Å². The van der Waals surface area contributed by atoms with Crippen LogP contribution in [-0.2, 0) is 13.1 Å². The second-order valence-corrected chi connectivity index (χ2v) is 5.92. The average molecular weight is 318 g/mol. The number of hydrogen-bond donors (Lipinski definition) is 2. The summed E-state index contributed by atoms with van der Waals surface area (Å²) in [6, 6.07) is 6.12. The minimum absolute atomic E-state index is 0.0153. The fourth-order valence-corrected chi connectivity index (χ4v) is 2.56. The van der Waals surface area contributed by atoms with Gasteiger partial charge in [0.05, 0.1) is 10.6 Å². The van der Waals surface area contributed by atoms with Crippen molar-refractivity contribution in [1.29, 1.82) is 0 Å². The number of phenolic OH excluding ortho intramolecular Hbond substituents is 1. The van der Waals surface area contributed by atoms with Crippen molar-refractivity contribution in [3.8, 4) is 5.75 Å². The van der Waals surface area contributed by atoms with Gasteiger partial charge in [0, 0.05) is 30.4 Å². The third-order valence-corrected chi connectivity index (χ3v) is 3.66. The number of aromatic nitrogens is 2. The number of benzene rings is 1. The summed E-state index contributed by atoms with van der Waals surface area (Å²) in [5.74, 6) is 0.354. The molecule has 2 rings (SSSR count). The van der Waals surface area contributed by atoms with Gasteiger partial charge in [-0.25, -0.2) is 0 Å². The summed E-state index contributed by atoms with van der Waals surface area (Å²) in [5.41, 5.74) is 2.62. The van der Waals surface area contributed by atoms with Crippen LogP contribution in [0.5, 0.6) is 5.75 Å². The third-order valence-electron chi connectivity index (χ3n) is 3.66. The van der Waals surface area contributed by atoms with Crippen molar-refractivity contribution in [2.75, 3.05) is 6.54 Å². The largest absolute Gasteiger partial charge is 0.508 e. The van der Waals surface area contributed by atoms with Crippen LogP contribution in [0, 0.1) is 29.9 Å². The molecule has 0 aliphatic heterocycles. The molecule has 0 amide bonds. The fourth-order valence-electron chi connectivity index (χ4n) is 2.56. The summed E-state index contributed by atoms with van der Waals surface area (Å²) < 4.78 is 1.97. The molecule has 0 aliphatic rings. The van der Waals surface area contributed by atoms with Gasteiger partial charge < -0.3 is 10.4 Å². The Kier molecular flexibility index (Phi) is 5.33. The van der Waals surface area contributed by atoms with Crippen molar-refractivity contribution >= 4 is 5.69 Å². The first kappa shape index (κ1) is 17.0. The molecule has 23 heavy (non-hydrogen) atoms. The molecular formula is C16H22N4O3. The normalized spacial score (nSPS) is 12.3. The highest BCUT2D eigenvalue weighted by Gasteiger charge is 2.14. The molecular weight excluding hydrogens is 296 g/mol. The van der Waals surface area contributed by atoms with E-state index < -0.39 is 4.92 Å². The van der Waals surface area contributed by atoms with Gasteiger partial charge in [0.25, 0.3) is 5.69 Å². The van der Waals surface area contributed by atoms with E-state index in [0.717, 1.165) is 17.9 Å². The molecule has 1 atom stereocenters. The van der Waals surface area contributed by atoms with Gasteiger partial charge in [-0.15, -0.1) is 0 Å². The van der Waals surface area contributed by atoms with Gasteiger partial charge in [0.2, 0.25) is 0 Å². The summed E-state index contributed by atoms with van der Waals surface area (Å²) in [4.78, 5) is 10.6. The van der Waals surface area contributed by atoms with Crippen molar-refractivity contribution in [3.05, 3.63) is 51.3 Å². The Hall–Kier alpha value is -2.41. The highest BCUT2D eigenvalue weighted by molar-refractivity contribution is 5.44. The maximum Gasteiger partial charge on any atom is 0.274 e. The molecule has 2 N–H and O–H groups in total. The number of phenols is 1. The standard InChI is InChI=1S/C16H22N4O3/c1-11(10-19-13(3)6-12(2)18-19)8-17-9-14-7-15(21)4-5-16(14)20(22)23/h4-7,11,17,21H,8-10H2,1-3H3. The zero-order valence-electron chi connectivity index (χ0n) is 13.6. The first-order valence-corrected chi connectivity index (χ1v) is 7.55. The van der Waals surface area contributed by atoms with Crippen molar-refractivity contribution in [3.63, 3.8) is 0 Å². The van der Waals surface area contributed by atoms with E-state index in [2.05, 4.69) is 17.3 Å². The van der Waals surface area contributed by atoms with Gasteiger partial charge in [0.1, 0.15) is 5.75 Å². The Morgan fingerprint density at radius 3 is 2.74 bits per heavy atom. The molecule has 1 aromatic heterocycles. The lowest BCUT2D eigenvalue weighted by molar-refractivity contribution is -0.385. The van der Waals surface area contributed by atoms with E-state index in [4.69, 9.17) is 0 Å². The van der Waals surface area contributed by atoms with E-state index in [-0.39, 0.29) is 11.4 Å². The predicted molar refractivity (Wildman–Crippen MR) is 87.3 cm³/mol. The topological polar surface area (TPSA) is 93.2 Å². The molecule has 0 spiro atoms. The van der Waals surface area contributed by atoms with E-state index in [1.165, 1.54) is 18.2 Å². The van der Waals surface area contributed by atoms with Gasteiger partial charge in [-0.1, -0.05) is 6.92 Å². The van der Waals surface area contributed by atoms with Gasteiger partial charge >= 0.3 is 0 Å². The van der Waals surface area contributed by atoms with Crippen LogP contribution in [0.3, 0.4) is 0 Å². The van der Waals surface area contributed by atoms with Crippen LogP contribution in [0.15, 0.2) is 24.3 Å². The van der Waals surface area contributed by atoms with E-state index in [1.54, 1.807) is 0 Å². The van der Waals surface area contributed by atoms with Crippen LogP contribution in [0.2, 0.25) is 0 Å². The molecule has 1 heterocycles. The van der Waals surface area contributed by atoms with Crippen LogP contribution < -0.4 is 5.32 Å². The number of nitrogens with one attached hydrogen (secondary N) is 1. The highest BCUT2D eigenvalue weighted by atomic mass is 16.6. The van der Waals surface area contributed by atoms with Crippen molar-refractivity contribution in [2.45, 2.75) is 33.9 Å². The van der Waals surface area contributed by atoms with Crippen LogP contribution in [0.25, 0.3) is 0 Å². The number of rotatable bonds is 7. The quantitative estimate of drug-likeness (QED) is 0.604. The van der Waals surface area contributed by atoms with E-state index in [1.807, 2.05) is 24.6 Å². The maximum atomic E-state index is 11.0. The number of hydrogen-bond acceptors (Lipinski definition) is 5. The molecule has 7 nitrogen and oxygen atoms in total. The Morgan fingerprint density at radius 1 is 1.39 bits per heavy atom. The molecule has 0 aliphatic carbocycles. The van der Waals surface area contributed by atoms with Gasteiger partial charge in [-0.3, -0.25) is 14.8 Å².